The van der Waals surface area contributed by atoms with Crippen LogP contribution < -0.4 is 0 Å². The third-order valence-electron chi connectivity index (χ3n) is 2.71. The quantitative estimate of drug-likeness (QED) is 0.577. The molecular formula is C7H12ClO3P. The van der Waals surface area contributed by atoms with Crippen LogP contribution in [0.3, 0.4) is 0 Å². The number of hydrogen-bond donors (Lipinski definition) is 0. The molecule has 1 aliphatic carbocycles. The Hall–Kier alpha value is 0.440. The van der Waals surface area contributed by atoms with Gasteiger partial charge >= 0.3 is 6.95 Å². The highest BCUT2D eigenvalue weighted by molar-refractivity contribution is 7.81. The minimum atomic E-state index is -3.19. The van der Waals surface area contributed by atoms with E-state index in [1.165, 1.54) is 12.8 Å². The van der Waals surface area contributed by atoms with Crippen LogP contribution >= 0.6 is 18.2 Å². The smallest absolute Gasteiger partial charge is 0.296 e. The molecule has 2 fully saturated rings. The molecule has 0 atom stereocenters. The Morgan fingerprint density at radius 2 is 1.67 bits per heavy atom. The van der Waals surface area contributed by atoms with Crippen molar-refractivity contribution < 1.29 is 13.6 Å². The summed E-state index contributed by atoms with van der Waals surface area (Å²) in [4.78, 5) is 0. The molecule has 0 N–H and O–H groups in total. The van der Waals surface area contributed by atoms with Crippen LogP contribution in [0.2, 0.25) is 0 Å². The van der Waals surface area contributed by atoms with Gasteiger partial charge in [0.05, 0.1) is 13.2 Å². The first-order valence-corrected chi connectivity index (χ1v) is 6.66. The van der Waals surface area contributed by atoms with Crippen molar-refractivity contribution >= 4 is 18.2 Å². The molecule has 0 aromatic heterocycles. The van der Waals surface area contributed by atoms with Crippen molar-refractivity contribution in [3.8, 4) is 0 Å². The molecular weight excluding hydrogens is 199 g/mol. The lowest BCUT2D eigenvalue weighted by Crippen LogP contribution is -2.31. The summed E-state index contributed by atoms with van der Waals surface area (Å²) in [6, 6.07) is 0. The van der Waals surface area contributed by atoms with Crippen molar-refractivity contribution in [1.29, 1.82) is 0 Å². The van der Waals surface area contributed by atoms with Crippen molar-refractivity contribution in [3.05, 3.63) is 0 Å². The van der Waals surface area contributed by atoms with Crippen LogP contribution in [0.15, 0.2) is 0 Å². The van der Waals surface area contributed by atoms with E-state index in [0.29, 0.717) is 13.2 Å². The molecule has 5 heteroatoms. The van der Waals surface area contributed by atoms with E-state index in [0.717, 1.165) is 12.8 Å². The molecule has 0 aromatic carbocycles. The van der Waals surface area contributed by atoms with Gasteiger partial charge in [-0.25, -0.2) is 4.57 Å². The van der Waals surface area contributed by atoms with Crippen LogP contribution in [0, 0.1) is 5.41 Å². The van der Waals surface area contributed by atoms with Crippen LogP contribution in [0.1, 0.15) is 25.7 Å². The lowest BCUT2D eigenvalue weighted by atomic mass is 9.89. The number of halogens is 1. The maximum atomic E-state index is 11.1. The molecule has 2 rings (SSSR count). The summed E-state index contributed by atoms with van der Waals surface area (Å²) in [6.07, 6.45) is 4.67. The van der Waals surface area contributed by atoms with E-state index in [4.69, 9.17) is 20.3 Å². The Kier molecular flexibility index (Phi) is 2.24. The van der Waals surface area contributed by atoms with Crippen LogP contribution in [0.4, 0.5) is 0 Å². The van der Waals surface area contributed by atoms with E-state index < -0.39 is 6.95 Å². The van der Waals surface area contributed by atoms with Crippen molar-refractivity contribution in [2.45, 2.75) is 25.7 Å². The standard InChI is InChI=1S/C7H12ClO3P/c8-12(9)10-5-7(6-11-12)3-1-2-4-7/h1-6H2. The normalized spacial score (nSPS) is 32.4. The fourth-order valence-electron chi connectivity index (χ4n) is 1.92. The highest BCUT2D eigenvalue weighted by Gasteiger charge is 2.42. The van der Waals surface area contributed by atoms with Gasteiger partial charge in [-0.1, -0.05) is 12.8 Å². The van der Waals surface area contributed by atoms with Crippen LogP contribution in [-0.4, -0.2) is 13.2 Å². The zero-order chi connectivity index (χ0) is 8.66. The van der Waals surface area contributed by atoms with E-state index in [9.17, 15) is 4.57 Å². The van der Waals surface area contributed by atoms with Gasteiger partial charge in [-0.05, 0) is 12.8 Å². The topological polar surface area (TPSA) is 35.5 Å². The fraction of sp³-hybridized carbons (Fsp3) is 1.00. The highest BCUT2D eigenvalue weighted by atomic mass is 35.7. The van der Waals surface area contributed by atoms with Gasteiger partial charge in [-0.3, -0.25) is 9.05 Å². The molecule has 12 heavy (non-hydrogen) atoms. The molecule has 1 saturated carbocycles. The third kappa shape index (κ3) is 1.69. The van der Waals surface area contributed by atoms with E-state index >= 15 is 0 Å². The summed E-state index contributed by atoms with van der Waals surface area (Å²) in [5, 5.41) is 0. The molecule has 0 unspecified atom stereocenters. The first-order valence-electron chi connectivity index (χ1n) is 4.21. The second-order valence-corrected chi connectivity index (χ2v) is 6.30. The summed E-state index contributed by atoms with van der Waals surface area (Å²) >= 11 is 5.44. The summed E-state index contributed by atoms with van der Waals surface area (Å²) in [5.41, 5.74) is 0.128. The van der Waals surface area contributed by atoms with Crippen LogP contribution in [0.25, 0.3) is 0 Å². The molecule has 0 bridgehead atoms. The summed E-state index contributed by atoms with van der Waals surface area (Å²) in [5.74, 6) is 0. The molecule has 0 radical (unpaired) electrons. The van der Waals surface area contributed by atoms with E-state index in [-0.39, 0.29) is 5.41 Å². The molecule has 0 aromatic rings. The summed E-state index contributed by atoms with van der Waals surface area (Å²) < 4.78 is 21.1. The fourth-order valence-corrected chi connectivity index (χ4v) is 3.14. The van der Waals surface area contributed by atoms with Gasteiger partial charge in [0, 0.05) is 16.7 Å². The molecule has 70 valence electrons. The molecule has 1 aliphatic heterocycles. The van der Waals surface area contributed by atoms with Gasteiger partial charge in [-0.2, -0.15) is 0 Å². The van der Waals surface area contributed by atoms with Gasteiger partial charge < -0.3 is 0 Å². The van der Waals surface area contributed by atoms with E-state index in [2.05, 4.69) is 0 Å². The average molecular weight is 211 g/mol. The van der Waals surface area contributed by atoms with Crippen molar-refractivity contribution in [2.75, 3.05) is 13.2 Å². The minimum Gasteiger partial charge on any atom is -0.296 e. The molecule has 1 saturated heterocycles. The highest BCUT2D eigenvalue weighted by Crippen LogP contribution is 2.60. The Morgan fingerprint density at radius 3 is 2.17 bits per heavy atom. The Morgan fingerprint density at radius 1 is 1.17 bits per heavy atom. The molecule has 3 nitrogen and oxygen atoms in total. The van der Waals surface area contributed by atoms with Crippen LogP contribution in [-0.2, 0) is 13.6 Å². The molecule has 0 amide bonds. The Labute approximate surface area is 76.7 Å². The Balaban J connectivity index is 2.01. The second kappa shape index (κ2) is 2.98. The number of hydrogen-bond acceptors (Lipinski definition) is 3. The monoisotopic (exact) mass is 210 g/mol. The van der Waals surface area contributed by atoms with Crippen molar-refractivity contribution in [3.63, 3.8) is 0 Å². The van der Waals surface area contributed by atoms with Gasteiger partial charge in [-0.15, -0.1) is 0 Å². The number of rotatable bonds is 0. The van der Waals surface area contributed by atoms with Gasteiger partial charge in [0.1, 0.15) is 0 Å². The zero-order valence-electron chi connectivity index (χ0n) is 6.79. The second-order valence-electron chi connectivity index (χ2n) is 3.68. The predicted octanol–water partition coefficient (Wildman–Crippen LogP) is 2.94. The van der Waals surface area contributed by atoms with E-state index in [1.807, 2.05) is 0 Å². The maximum Gasteiger partial charge on any atom is 0.424 e. The lowest BCUT2D eigenvalue weighted by molar-refractivity contribution is 0.0286. The van der Waals surface area contributed by atoms with Crippen molar-refractivity contribution in [2.24, 2.45) is 5.41 Å². The zero-order valence-corrected chi connectivity index (χ0v) is 8.44. The SMILES string of the molecule is O=P1(Cl)OCC2(CCCC2)CO1. The maximum absolute atomic E-state index is 11.1. The molecule has 2 aliphatic rings. The average Bonchev–Trinajstić information content (AvgIpc) is 2.46. The molecule has 1 spiro atoms. The minimum absolute atomic E-state index is 0.128. The Bertz CT molecular complexity index is 211. The first kappa shape index (κ1) is 9.01. The van der Waals surface area contributed by atoms with Gasteiger partial charge in [0.25, 0.3) is 0 Å². The first-order chi connectivity index (χ1) is 5.62. The van der Waals surface area contributed by atoms with Crippen LogP contribution in [0.5, 0.6) is 0 Å². The lowest BCUT2D eigenvalue weighted by Gasteiger charge is -2.34. The third-order valence-corrected chi connectivity index (χ3v) is 4.17. The summed E-state index contributed by atoms with van der Waals surface area (Å²) in [6.45, 7) is -2.18. The summed E-state index contributed by atoms with van der Waals surface area (Å²) in [7, 11) is 0. The van der Waals surface area contributed by atoms with Gasteiger partial charge in [0.2, 0.25) is 0 Å². The predicted molar refractivity (Wildman–Crippen MR) is 46.3 cm³/mol. The van der Waals surface area contributed by atoms with E-state index in [1.54, 1.807) is 0 Å². The molecule has 1 heterocycles. The van der Waals surface area contributed by atoms with Gasteiger partial charge in [0.15, 0.2) is 0 Å². The largest absolute Gasteiger partial charge is 0.424 e. The van der Waals surface area contributed by atoms with Crippen molar-refractivity contribution in [1.82, 2.24) is 0 Å².